The molecular formula is C12H16N2O2S. The first-order valence-corrected chi connectivity index (χ1v) is 6.54. The van der Waals surface area contributed by atoms with Gasteiger partial charge in [-0.3, -0.25) is 9.59 Å². The predicted molar refractivity (Wildman–Crippen MR) is 68.4 cm³/mol. The van der Waals surface area contributed by atoms with Gasteiger partial charge in [0.2, 0.25) is 5.91 Å². The highest BCUT2D eigenvalue weighted by Crippen LogP contribution is 2.32. The van der Waals surface area contributed by atoms with E-state index in [1.54, 1.807) is 0 Å². The SMILES string of the molecule is CC1CCC(C(N)=O)CN1c1ccc(C=O)s1. The summed E-state index contributed by atoms with van der Waals surface area (Å²) in [5.41, 5.74) is 5.37. The lowest BCUT2D eigenvalue weighted by molar-refractivity contribution is -0.122. The van der Waals surface area contributed by atoms with Crippen LogP contribution in [0.4, 0.5) is 5.00 Å². The third kappa shape index (κ3) is 2.49. The van der Waals surface area contributed by atoms with Crippen molar-refractivity contribution >= 4 is 28.5 Å². The zero-order valence-electron chi connectivity index (χ0n) is 9.76. The molecular weight excluding hydrogens is 236 g/mol. The summed E-state index contributed by atoms with van der Waals surface area (Å²) < 4.78 is 0. The molecule has 5 heteroatoms. The van der Waals surface area contributed by atoms with Crippen LogP contribution in [0.15, 0.2) is 12.1 Å². The summed E-state index contributed by atoms with van der Waals surface area (Å²) in [6.45, 7) is 2.80. The van der Waals surface area contributed by atoms with Crippen LogP contribution in [0.5, 0.6) is 0 Å². The lowest BCUT2D eigenvalue weighted by atomic mass is 9.93. The quantitative estimate of drug-likeness (QED) is 0.832. The van der Waals surface area contributed by atoms with Crippen LogP contribution >= 0.6 is 11.3 Å². The minimum Gasteiger partial charge on any atom is -0.369 e. The van der Waals surface area contributed by atoms with Crippen LogP contribution in [-0.2, 0) is 4.79 Å². The summed E-state index contributed by atoms with van der Waals surface area (Å²) in [6.07, 6.45) is 2.68. The van der Waals surface area contributed by atoms with Crippen LogP contribution in [0.1, 0.15) is 29.4 Å². The number of hydrogen-bond acceptors (Lipinski definition) is 4. The Morgan fingerprint density at radius 2 is 2.29 bits per heavy atom. The van der Waals surface area contributed by atoms with Gasteiger partial charge in [-0.25, -0.2) is 0 Å². The number of rotatable bonds is 3. The van der Waals surface area contributed by atoms with Gasteiger partial charge >= 0.3 is 0 Å². The highest BCUT2D eigenvalue weighted by molar-refractivity contribution is 7.17. The molecule has 2 N–H and O–H groups in total. The van der Waals surface area contributed by atoms with E-state index in [1.165, 1.54) is 11.3 Å². The second-order valence-corrected chi connectivity index (χ2v) is 5.57. The van der Waals surface area contributed by atoms with E-state index < -0.39 is 0 Å². The number of piperidine rings is 1. The van der Waals surface area contributed by atoms with Gasteiger partial charge in [-0.05, 0) is 31.9 Å². The molecule has 1 aromatic rings. The molecule has 4 nitrogen and oxygen atoms in total. The van der Waals surface area contributed by atoms with E-state index in [4.69, 9.17) is 5.73 Å². The fraction of sp³-hybridized carbons (Fsp3) is 0.500. The minimum atomic E-state index is -0.228. The first kappa shape index (κ1) is 12.1. The van der Waals surface area contributed by atoms with Crippen molar-refractivity contribution in [2.45, 2.75) is 25.8 Å². The molecule has 0 spiro atoms. The number of aldehydes is 1. The zero-order chi connectivity index (χ0) is 12.4. The molecule has 0 saturated carbocycles. The normalized spacial score (nSPS) is 24.6. The smallest absolute Gasteiger partial charge is 0.222 e. The van der Waals surface area contributed by atoms with Gasteiger partial charge in [0.1, 0.15) is 0 Å². The number of hydrogen-bond donors (Lipinski definition) is 1. The van der Waals surface area contributed by atoms with Crippen LogP contribution in [0.2, 0.25) is 0 Å². The zero-order valence-corrected chi connectivity index (χ0v) is 10.6. The number of anilines is 1. The Morgan fingerprint density at radius 3 is 2.88 bits per heavy atom. The largest absolute Gasteiger partial charge is 0.369 e. The molecule has 1 fully saturated rings. The number of thiophene rings is 1. The summed E-state index contributed by atoms with van der Waals surface area (Å²) in [6, 6.07) is 4.14. The summed E-state index contributed by atoms with van der Waals surface area (Å²) in [5, 5.41) is 1.05. The van der Waals surface area contributed by atoms with Crippen LogP contribution < -0.4 is 10.6 Å². The summed E-state index contributed by atoms with van der Waals surface area (Å²) in [5.74, 6) is -0.304. The van der Waals surface area contributed by atoms with E-state index in [1.807, 2.05) is 12.1 Å². The first-order chi connectivity index (χ1) is 8.11. The van der Waals surface area contributed by atoms with Gasteiger partial charge in [0, 0.05) is 12.6 Å². The molecule has 1 saturated heterocycles. The van der Waals surface area contributed by atoms with Crippen molar-refractivity contribution in [1.29, 1.82) is 0 Å². The second-order valence-electron chi connectivity index (χ2n) is 4.47. The Labute approximate surface area is 104 Å². The maximum absolute atomic E-state index is 11.2. The summed E-state index contributed by atoms with van der Waals surface area (Å²) in [4.78, 5) is 24.8. The predicted octanol–water partition coefficient (Wildman–Crippen LogP) is 1.65. The van der Waals surface area contributed by atoms with Gasteiger partial charge in [-0.1, -0.05) is 0 Å². The van der Waals surface area contributed by atoms with Gasteiger partial charge in [-0.2, -0.15) is 0 Å². The Balaban J connectivity index is 2.17. The third-order valence-corrected chi connectivity index (χ3v) is 4.34. The molecule has 2 heterocycles. The fourth-order valence-corrected chi connectivity index (χ4v) is 3.14. The molecule has 92 valence electrons. The van der Waals surface area contributed by atoms with E-state index >= 15 is 0 Å². The number of primary amides is 1. The maximum atomic E-state index is 11.2. The highest BCUT2D eigenvalue weighted by Gasteiger charge is 2.29. The molecule has 0 radical (unpaired) electrons. The standard InChI is InChI=1S/C12H16N2O2S/c1-8-2-3-9(12(13)16)6-14(8)11-5-4-10(7-15)17-11/h4-5,7-9H,2-3,6H2,1H3,(H2,13,16). The fourth-order valence-electron chi connectivity index (χ4n) is 2.21. The molecule has 2 unspecified atom stereocenters. The molecule has 1 aromatic heterocycles. The van der Waals surface area contributed by atoms with Gasteiger partial charge < -0.3 is 10.6 Å². The average Bonchev–Trinajstić information content (AvgIpc) is 2.77. The van der Waals surface area contributed by atoms with Crippen molar-refractivity contribution in [1.82, 2.24) is 0 Å². The van der Waals surface area contributed by atoms with E-state index in [2.05, 4.69) is 11.8 Å². The average molecular weight is 252 g/mol. The monoisotopic (exact) mass is 252 g/mol. The lowest BCUT2D eigenvalue weighted by Gasteiger charge is -2.37. The highest BCUT2D eigenvalue weighted by atomic mass is 32.1. The molecule has 2 rings (SSSR count). The number of carbonyl (C=O) groups excluding carboxylic acids is 2. The number of carbonyl (C=O) groups is 2. The van der Waals surface area contributed by atoms with Crippen molar-refractivity contribution in [2.24, 2.45) is 11.7 Å². The molecule has 0 aliphatic carbocycles. The van der Waals surface area contributed by atoms with Crippen LogP contribution in [0, 0.1) is 5.92 Å². The van der Waals surface area contributed by atoms with Gasteiger partial charge in [-0.15, -0.1) is 11.3 Å². The topological polar surface area (TPSA) is 63.4 Å². The van der Waals surface area contributed by atoms with Crippen LogP contribution in [0.25, 0.3) is 0 Å². The van der Waals surface area contributed by atoms with Crippen molar-refractivity contribution in [3.05, 3.63) is 17.0 Å². The van der Waals surface area contributed by atoms with Crippen molar-refractivity contribution < 1.29 is 9.59 Å². The number of nitrogens with zero attached hydrogens (tertiary/aromatic N) is 1. The Hall–Kier alpha value is -1.36. The van der Waals surface area contributed by atoms with Crippen molar-refractivity contribution in [2.75, 3.05) is 11.4 Å². The van der Waals surface area contributed by atoms with Gasteiger partial charge in [0.25, 0.3) is 0 Å². The summed E-state index contributed by atoms with van der Waals surface area (Å²) in [7, 11) is 0. The Morgan fingerprint density at radius 1 is 1.53 bits per heavy atom. The van der Waals surface area contributed by atoms with E-state index in [0.29, 0.717) is 17.5 Å². The molecule has 1 aliphatic heterocycles. The number of amides is 1. The summed E-state index contributed by atoms with van der Waals surface area (Å²) >= 11 is 1.46. The lowest BCUT2D eigenvalue weighted by Crippen LogP contribution is -2.45. The van der Waals surface area contributed by atoms with E-state index in [0.717, 1.165) is 24.1 Å². The van der Waals surface area contributed by atoms with Crippen molar-refractivity contribution in [3.8, 4) is 0 Å². The Kier molecular flexibility index (Phi) is 3.47. The maximum Gasteiger partial charge on any atom is 0.222 e. The number of nitrogens with two attached hydrogens (primary N) is 1. The van der Waals surface area contributed by atoms with Gasteiger partial charge in [0.05, 0.1) is 15.8 Å². The third-order valence-electron chi connectivity index (χ3n) is 3.30. The van der Waals surface area contributed by atoms with Crippen molar-refractivity contribution in [3.63, 3.8) is 0 Å². The molecule has 0 aromatic carbocycles. The van der Waals surface area contributed by atoms with Crippen LogP contribution in [-0.4, -0.2) is 24.8 Å². The first-order valence-electron chi connectivity index (χ1n) is 5.72. The second kappa shape index (κ2) is 4.87. The Bertz CT molecular complexity index is 430. The molecule has 1 aliphatic rings. The van der Waals surface area contributed by atoms with Gasteiger partial charge in [0.15, 0.2) is 6.29 Å². The minimum absolute atomic E-state index is 0.0759. The molecule has 17 heavy (non-hydrogen) atoms. The van der Waals surface area contributed by atoms with E-state index in [9.17, 15) is 9.59 Å². The molecule has 1 amide bonds. The molecule has 0 bridgehead atoms. The van der Waals surface area contributed by atoms with Crippen LogP contribution in [0.3, 0.4) is 0 Å². The van der Waals surface area contributed by atoms with E-state index in [-0.39, 0.29) is 11.8 Å². The molecule has 2 atom stereocenters.